The quantitative estimate of drug-likeness (QED) is 0.333. The first-order valence-corrected chi connectivity index (χ1v) is 12.7. The molecule has 0 bridgehead atoms. The number of imidazole rings is 1. The number of methoxy groups -OCH3 is 2. The highest BCUT2D eigenvalue weighted by Crippen LogP contribution is 2.34. The number of ether oxygens (including phenoxy) is 2. The van der Waals surface area contributed by atoms with Crippen LogP contribution in [0.5, 0.6) is 11.5 Å². The number of Topliss-reactive ketones (excluding diaryl/α,β-unsaturated/α-hetero) is 1. The van der Waals surface area contributed by atoms with Crippen molar-refractivity contribution in [1.82, 2.24) is 14.5 Å². The maximum Gasteiger partial charge on any atom is 0.254 e. The summed E-state index contributed by atoms with van der Waals surface area (Å²) in [5, 5.41) is 0. The van der Waals surface area contributed by atoms with E-state index in [0.717, 1.165) is 33.6 Å². The van der Waals surface area contributed by atoms with Crippen LogP contribution in [0.25, 0.3) is 11.1 Å². The van der Waals surface area contributed by atoms with E-state index >= 15 is 0 Å². The number of nitrogens with zero attached hydrogens (tertiary/aromatic N) is 3. The molecule has 1 aliphatic heterocycles. The van der Waals surface area contributed by atoms with E-state index in [-0.39, 0.29) is 37.0 Å². The SMILES string of the molecule is COc1cc(CN2CC(=O)Cc3c(cc(Cn4ccnc4C)cc3-c3ccc(F)cc3C)C2=O)cc(OC)c1. The van der Waals surface area contributed by atoms with E-state index in [0.29, 0.717) is 29.2 Å². The minimum Gasteiger partial charge on any atom is -0.497 e. The van der Waals surface area contributed by atoms with E-state index in [9.17, 15) is 14.0 Å². The van der Waals surface area contributed by atoms with Gasteiger partial charge in [-0.15, -0.1) is 0 Å². The Balaban J connectivity index is 1.62. The molecule has 39 heavy (non-hydrogen) atoms. The van der Waals surface area contributed by atoms with Crippen LogP contribution in [0.3, 0.4) is 0 Å². The summed E-state index contributed by atoms with van der Waals surface area (Å²) in [6.07, 6.45) is 3.73. The molecule has 0 N–H and O–H groups in total. The molecule has 0 spiro atoms. The summed E-state index contributed by atoms with van der Waals surface area (Å²) in [5.74, 6) is 1.41. The van der Waals surface area contributed by atoms with Gasteiger partial charge >= 0.3 is 0 Å². The Hall–Kier alpha value is -4.46. The summed E-state index contributed by atoms with van der Waals surface area (Å²) in [7, 11) is 3.13. The average molecular weight is 528 g/mol. The molecule has 0 saturated carbocycles. The summed E-state index contributed by atoms with van der Waals surface area (Å²) < 4.78 is 26.8. The van der Waals surface area contributed by atoms with Crippen molar-refractivity contribution in [2.24, 2.45) is 0 Å². The maximum absolute atomic E-state index is 14.1. The highest BCUT2D eigenvalue weighted by Gasteiger charge is 2.30. The Morgan fingerprint density at radius 1 is 0.872 bits per heavy atom. The Morgan fingerprint density at radius 3 is 2.21 bits per heavy atom. The number of hydrogen-bond donors (Lipinski definition) is 0. The van der Waals surface area contributed by atoms with Gasteiger partial charge in [0, 0.05) is 43.5 Å². The van der Waals surface area contributed by atoms with Crippen molar-refractivity contribution in [3.63, 3.8) is 0 Å². The highest BCUT2D eigenvalue weighted by atomic mass is 19.1. The van der Waals surface area contributed by atoms with Gasteiger partial charge in [0.05, 0.1) is 20.8 Å². The molecule has 0 unspecified atom stereocenters. The molecule has 4 aromatic rings. The van der Waals surface area contributed by atoms with Crippen LogP contribution in [-0.4, -0.2) is 46.9 Å². The van der Waals surface area contributed by atoms with E-state index in [1.165, 1.54) is 12.1 Å². The van der Waals surface area contributed by atoms with Crippen molar-refractivity contribution in [3.05, 3.63) is 100 Å². The molecular weight excluding hydrogens is 497 g/mol. The number of aryl methyl sites for hydroxylation is 2. The lowest BCUT2D eigenvalue weighted by Gasteiger charge is -2.22. The number of aromatic nitrogens is 2. The zero-order chi connectivity index (χ0) is 27.7. The van der Waals surface area contributed by atoms with Crippen LogP contribution in [0.4, 0.5) is 4.39 Å². The number of ketones is 1. The van der Waals surface area contributed by atoms with Crippen molar-refractivity contribution in [2.75, 3.05) is 20.8 Å². The van der Waals surface area contributed by atoms with Gasteiger partial charge in [-0.1, -0.05) is 6.07 Å². The van der Waals surface area contributed by atoms with Gasteiger partial charge in [-0.2, -0.15) is 0 Å². The summed E-state index contributed by atoms with van der Waals surface area (Å²) in [5.41, 5.74) is 5.11. The van der Waals surface area contributed by atoms with Gasteiger partial charge in [0.15, 0.2) is 5.78 Å². The maximum atomic E-state index is 14.1. The van der Waals surface area contributed by atoms with E-state index in [1.807, 2.05) is 48.9 Å². The fourth-order valence-corrected chi connectivity index (χ4v) is 5.16. The first-order valence-electron chi connectivity index (χ1n) is 12.7. The van der Waals surface area contributed by atoms with Crippen molar-refractivity contribution in [3.8, 4) is 22.6 Å². The second kappa shape index (κ2) is 10.7. The average Bonchev–Trinajstić information content (AvgIpc) is 3.27. The van der Waals surface area contributed by atoms with E-state index in [1.54, 1.807) is 37.4 Å². The monoisotopic (exact) mass is 527 g/mol. The minimum atomic E-state index is -0.334. The number of carbonyl (C=O) groups excluding carboxylic acids is 2. The van der Waals surface area contributed by atoms with Gasteiger partial charge in [0.1, 0.15) is 23.1 Å². The van der Waals surface area contributed by atoms with Crippen molar-refractivity contribution in [2.45, 2.75) is 33.4 Å². The second-order valence-electron chi connectivity index (χ2n) is 9.83. The first kappa shape index (κ1) is 26.2. The number of rotatable bonds is 7. The third kappa shape index (κ3) is 5.41. The minimum absolute atomic E-state index is 0.0230. The Morgan fingerprint density at radius 2 is 1.56 bits per heavy atom. The molecule has 0 radical (unpaired) electrons. The topological polar surface area (TPSA) is 73.7 Å². The number of carbonyl (C=O) groups is 2. The lowest BCUT2D eigenvalue weighted by Crippen LogP contribution is -2.33. The van der Waals surface area contributed by atoms with E-state index < -0.39 is 0 Å². The molecule has 0 aliphatic carbocycles. The molecule has 1 amide bonds. The zero-order valence-electron chi connectivity index (χ0n) is 22.5. The van der Waals surface area contributed by atoms with E-state index in [4.69, 9.17) is 9.47 Å². The van der Waals surface area contributed by atoms with Crippen LogP contribution in [0, 0.1) is 19.7 Å². The van der Waals surface area contributed by atoms with Crippen LogP contribution < -0.4 is 9.47 Å². The van der Waals surface area contributed by atoms with Crippen LogP contribution in [0.1, 0.15) is 38.4 Å². The molecule has 5 rings (SSSR count). The first-order chi connectivity index (χ1) is 18.7. The molecule has 0 fully saturated rings. The predicted octanol–water partition coefficient (Wildman–Crippen LogP) is 5.14. The number of benzene rings is 3. The molecule has 0 saturated heterocycles. The lowest BCUT2D eigenvalue weighted by molar-refractivity contribution is -0.119. The standard InChI is InChI=1S/C31H30FN3O4/c1-19-9-23(32)5-6-27(19)28-12-22(16-34-8-7-33-20(34)2)13-30-29(28)14-24(36)18-35(31(30)37)17-21-10-25(38-3)15-26(11-21)39-4/h5-13,15H,14,16-18H2,1-4H3. The Bertz CT molecular complexity index is 1550. The Labute approximate surface area is 226 Å². The van der Waals surface area contributed by atoms with Gasteiger partial charge in [0.2, 0.25) is 0 Å². The third-order valence-corrected chi connectivity index (χ3v) is 7.11. The number of halogens is 1. The van der Waals surface area contributed by atoms with Crippen LogP contribution in [0.15, 0.2) is 60.9 Å². The molecule has 2 heterocycles. The number of fused-ring (bicyclic) bond motifs is 1. The zero-order valence-corrected chi connectivity index (χ0v) is 22.5. The van der Waals surface area contributed by atoms with Gasteiger partial charge in [0.25, 0.3) is 5.91 Å². The second-order valence-corrected chi connectivity index (χ2v) is 9.83. The van der Waals surface area contributed by atoms with Crippen LogP contribution >= 0.6 is 0 Å². The molecule has 1 aromatic heterocycles. The molecule has 7 nitrogen and oxygen atoms in total. The summed E-state index contributed by atoms with van der Waals surface area (Å²) in [4.78, 5) is 33.2. The number of amides is 1. The largest absolute Gasteiger partial charge is 0.497 e. The molecule has 1 aliphatic rings. The lowest BCUT2D eigenvalue weighted by atomic mass is 9.88. The fourth-order valence-electron chi connectivity index (χ4n) is 5.16. The normalized spacial score (nSPS) is 13.3. The van der Waals surface area contributed by atoms with Crippen LogP contribution in [0.2, 0.25) is 0 Å². The highest BCUT2D eigenvalue weighted by molar-refractivity contribution is 6.04. The smallest absolute Gasteiger partial charge is 0.254 e. The fraction of sp³-hybridized carbons (Fsp3) is 0.258. The van der Waals surface area contributed by atoms with Gasteiger partial charge in [-0.25, -0.2) is 9.37 Å². The summed E-state index contributed by atoms with van der Waals surface area (Å²) in [6, 6.07) is 13.9. The Kier molecular flexibility index (Phi) is 7.19. The van der Waals surface area contributed by atoms with E-state index in [2.05, 4.69) is 4.98 Å². The van der Waals surface area contributed by atoms with Crippen molar-refractivity contribution >= 4 is 11.7 Å². The van der Waals surface area contributed by atoms with Gasteiger partial charge < -0.3 is 18.9 Å². The third-order valence-electron chi connectivity index (χ3n) is 7.11. The molecule has 8 heteroatoms. The molecule has 3 aromatic carbocycles. The van der Waals surface area contributed by atoms with Gasteiger partial charge in [-0.05, 0) is 83.6 Å². The predicted molar refractivity (Wildman–Crippen MR) is 146 cm³/mol. The summed E-state index contributed by atoms with van der Waals surface area (Å²) in [6.45, 7) is 4.45. The number of hydrogen-bond acceptors (Lipinski definition) is 5. The van der Waals surface area contributed by atoms with Crippen molar-refractivity contribution in [1.29, 1.82) is 0 Å². The van der Waals surface area contributed by atoms with Crippen molar-refractivity contribution < 1.29 is 23.5 Å². The molecule has 0 atom stereocenters. The molecule has 200 valence electrons. The molecular formula is C31H30FN3O4. The summed E-state index contributed by atoms with van der Waals surface area (Å²) >= 11 is 0. The van der Waals surface area contributed by atoms with Crippen LogP contribution in [-0.2, 0) is 24.3 Å². The van der Waals surface area contributed by atoms with Gasteiger partial charge in [-0.3, -0.25) is 9.59 Å².